The van der Waals surface area contributed by atoms with Crippen LogP contribution in [0.2, 0.25) is 0 Å². The summed E-state index contributed by atoms with van der Waals surface area (Å²) in [6.07, 6.45) is 3.92. The van der Waals surface area contributed by atoms with Gasteiger partial charge in [0, 0.05) is 18.6 Å². The molecule has 3 heteroatoms. The van der Waals surface area contributed by atoms with Crippen LogP contribution in [0.4, 0.5) is 0 Å². The first-order valence-corrected chi connectivity index (χ1v) is 8.89. The summed E-state index contributed by atoms with van der Waals surface area (Å²) in [5, 5.41) is 3.70. The van der Waals surface area contributed by atoms with Gasteiger partial charge in [-0.15, -0.1) is 0 Å². The summed E-state index contributed by atoms with van der Waals surface area (Å²) in [5.41, 5.74) is 0. The van der Waals surface area contributed by atoms with Crippen LogP contribution >= 0.6 is 11.8 Å². The largest absolute Gasteiger partial charge is 0.314 e. The molecule has 1 N–H and O–H groups in total. The van der Waals surface area contributed by atoms with Crippen molar-refractivity contribution in [1.82, 2.24) is 10.2 Å². The minimum Gasteiger partial charge on any atom is -0.314 e. The highest BCUT2D eigenvalue weighted by atomic mass is 32.2. The summed E-state index contributed by atoms with van der Waals surface area (Å²) < 4.78 is 0. The lowest BCUT2D eigenvalue weighted by molar-refractivity contribution is 0.110. The smallest absolute Gasteiger partial charge is 0.0117 e. The van der Waals surface area contributed by atoms with E-state index in [1.54, 1.807) is 0 Å². The highest BCUT2D eigenvalue weighted by Crippen LogP contribution is 2.20. The number of thioether (sulfide) groups is 1. The topological polar surface area (TPSA) is 15.3 Å². The number of hydrogen-bond donors (Lipinski definition) is 1. The van der Waals surface area contributed by atoms with Gasteiger partial charge in [0.2, 0.25) is 0 Å². The lowest BCUT2D eigenvalue weighted by atomic mass is 9.92. The fraction of sp³-hybridized carbons (Fsp3) is 1.00. The Morgan fingerprint density at radius 3 is 2.78 bits per heavy atom. The van der Waals surface area contributed by atoms with Gasteiger partial charge in [-0.05, 0) is 56.7 Å². The number of rotatable bonds is 8. The minimum atomic E-state index is 0.749. The maximum atomic E-state index is 3.70. The zero-order chi connectivity index (χ0) is 13.4. The molecular formula is C15H32N2S. The van der Waals surface area contributed by atoms with Crippen molar-refractivity contribution in [2.24, 2.45) is 5.92 Å². The highest BCUT2D eigenvalue weighted by molar-refractivity contribution is 7.99. The molecule has 0 spiro atoms. The lowest BCUT2D eigenvalue weighted by Gasteiger charge is -2.40. The monoisotopic (exact) mass is 272 g/mol. The molecule has 18 heavy (non-hydrogen) atoms. The van der Waals surface area contributed by atoms with E-state index in [4.69, 9.17) is 0 Å². The summed E-state index contributed by atoms with van der Waals surface area (Å²) in [7, 11) is 0. The molecule has 1 fully saturated rings. The number of hydrogen-bond acceptors (Lipinski definition) is 3. The van der Waals surface area contributed by atoms with Crippen molar-refractivity contribution in [1.29, 1.82) is 0 Å². The molecule has 0 aromatic rings. The third-order valence-electron chi connectivity index (χ3n) is 4.10. The maximum absolute atomic E-state index is 3.70. The molecule has 0 bridgehead atoms. The van der Waals surface area contributed by atoms with Gasteiger partial charge in [-0.2, -0.15) is 11.8 Å². The van der Waals surface area contributed by atoms with Crippen LogP contribution in [0.25, 0.3) is 0 Å². The van der Waals surface area contributed by atoms with E-state index >= 15 is 0 Å². The van der Waals surface area contributed by atoms with Crippen molar-refractivity contribution in [2.75, 3.05) is 31.1 Å². The van der Waals surface area contributed by atoms with E-state index in [1.165, 1.54) is 50.4 Å². The molecule has 1 heterocycles. The molecule has 1 aliphatic rings. The number of likely N-dealkylation sites (tertiary alicyclic amines) is 1. The van der Waals surface area contributed by atoms with Gasteiger partial charge >= 0.3 is 0 Å². The first-order valence-electron chi connectivity index (χ1n) is 7.74. The van der Waals surface area contributed by atoms with E-state index in [0.29, 0.717) is 0 Å². The van der Waals surface area contributed by atoms with E-state index in [2.05, 4.69) is 49.7 Å². The molecule has 108 valence electrons. The molecule has 0 amide bonds. The molecule has 1 rings (SSSR count). The van der Waals surface area contributed by atoms with Gasteiger partial charge in [-0.25, -0.2) is 0 Å². The van der Waals surface area contributed by atoms with Crippen LogP contribution in [0.3, 0.4) is 0 Å². The van der Waals surface area contributed by atoms with Crippen LogP contribution in [0.5, 0.6) is 0 Å². The normalized spacial score (nSPS) is 27.3. The summed E-state index contributed by atoms with van der Waals surface area (Å²) >= 11 is 2.07. The first kappa shape index (κ1) is 16.3. The molecular weight excluding hydrogens is 240 g/mol. The molecule has 1 saturated heterocycles. The molecule has 1 aliphatic heterocycles. The quantitative estimate of drug-likeness (QED) is 0.683. The van der Waals surface area contributed by atoms with Crippen LogP contribution in [0, 0.1) is 5.92 Å². The molecule has 3 atom stereocenters. The van der Waals surface area contributed by atoms with Crippen molar-refractivity contribution in [2.45, 2.75) is 59.0 Å². The zero-order valence-corrected chi connectivity index (χ0v) is 13.6. The van der Waals surface area contributed by atoms with E-state index in [1.807, 2.05) is 0 Å². The third-order valence-corrected chi connectivity index (χ3v) is 5.03. The Kier molecular flexibility index (Phi) is 8.36. The van der Waals surface area contributed by atoms with Gasteiger partial charge in [-0.3, -0.25) is 0 Å². The van der Waals surface area contributed by atoms with Crippen LogP contribution in [0.1, 0.15) is 47.0 Å². The standard InChI is InChI=1S/C15H32N2S/c1-5-9-16-15-7-10-17(12-13(15)3)14(4)8-11-18-6-2/h13-16H,5-12H2,1-4H3. The highest BCUT2D eigenvalue weighted by Gasteiger charge is 2.27. The summed E-state index contributed by atoms with van der Waals surface area (Å²) in [6, 6.07) is 1.51. The van der Waals surface area contributed by atoms with Gasteiger partial charge < -0.3 is 10.2 Å². The molecule has 0 saturated carbocycles. The summed E-state index contributed by atoms with van der Waals surface area (Å²) in [6.45, 7) is 13.1. The Hall–Kier alpha value is 0.270. The Balaban J connectivity index is 2.26. The third kappa shape index (κ3) is 5.50. The van der Waals surface area contributed by atoms with Crippen LogP contribution in [0.15, 0.2) is 0 Å². The van der Waals surface area contributed by atoms with Gasteiger partial charge in [0.05, 0.1) is 0 Å². The molecule has 2 nitrogen and oxygen atoms in total. The average molecular weight is 273 g/mol. The predicted molar refractivity (Wildman–Crippen MR) is 84.5 cm³/mol. The second-order valence-electron chi connectivity index (χ2n) is 5.66. The summed E-state index contributed by atoms with van der Waals surface area (Å²) in [5.74, 6) is 3.37. The molecule has 0 aliphatic carbocycles. The van der Waals surface area contributed by atoms with Crippen LogP contribution in [-0.4, -0.2) is 48.1 Å². The van der Waals surface area contributed by atoms with Gasteiger partial charge in [0.1, 0.15) is 0 Å². The average Bonchev–Trinajstić information content (AvgIpc) is 2.37. The minimum absolute atomic E-state index is 0.749. The maximum Gasteiger partial charge on any atom is 0.0117 e. The second-order valence-corrected chi connectivity index (χ2v) is 7.05. The molecule has 0 aromatic heterocycles. The van der Waals surface area contributed by atoms with E-state index in [0.717, 1.165) is 18.0 Å². The number of nitrogens with zero attached hydrogens (tertiary/aromatic N) is 1. The SMILES string of the molecule is CCCNC1CCN(C(C)CCSCC)CC1C. The van der Waals surface area contributed by atoms with Crippen molar-refractivity contribution >= 4 is 11.8 Å². The Morgan fingerprint density at radius 2 is 2.17 bits per heavy atom. The lowest BCUT2D eigenvalue weighted by Crippen LogP contribution is -2.51. The van der Waals surface area contributed by atoms with Crippen LogP contribution < -0.4 is 5.32 Å². The van der Waals surface area contributed by atoms with Crippen molar-refractivity contribution < 1.29 is 0 Å². The van der Waals surface area contributed by atoms with Crippen molar-refractivity contribution in [3.63, 3.8) is 0 Å². The van der Waals surface area contributed by atoms with Crippen molar-refractivity contribution in [3.05, 3.63) is 0 Å². The van der Waals surface area contributed by atoms with E-state index in [9.17, 15) is 0 Å². The first-order chi connectivity index (χ1) is 8.69. The number of nitrogens with one attached hydrogen (secondary N) is 1. The van der Waals surface area contributed by atoms with E-state index < -0.39 is 0 Å². The Bertz CT molecular complexity index is 211. The van der Waals surface area contributed by atoms with Crippen LogP contribution in [-0.2, 0) is 0 Å². The second kappa shape index (κ2) is 9.22. The molecule has 3 unspecified atom stereocenters. The molecule has 0 aromatic carbocycles. The summed E-state index contributed by atoms with van der Waals surface area (Å²) in [4.78, 5) is 2.70. The fourth-order valence-corrected chi connectivity index (χ4v) is 3.59. The Morgan fingerprint density at radius 1 is 1.39 bits per heavy atom. The van der Waals surface area contributed by atoms with Gasteiger partial charge in [-0.1, -0.05) is 20.8 Å². The fourth-order valence-electron chi connectivity index (χ4n) is 2.79. The van der Waals surface area contributed by atoms with E-state index in [-0.39, 0.29) is 0 Å². The van der Waals surface area contributed by atoms with Gasteiger partial charge in [0.15, 0.2) is 0 Å². The van der Waals surface area contributed by atoms with Gasteiger partial charge in [0.25, 0.3) is 0 Å². The van der Waals surface area contributed by atoms with Crippen molar-refractivity contribution in [3.8, 4) is 0 Å². The zero-order valence-electron chi connectivity index (χ0n) is 12.7. The number of piperidine rings is 1. The predicted octanol–water partition coefficient (Wildman–Crippen LogP) is 3.23. The Labute approximate surface area is 118 Å². The molecule has 0 radical (unpaired) electrons.